The summed E-state index contributed by atoms with van der Waals surface area (Å²) in [7, 11) is 1.92. The van der Waals surface area contributed by atoms with Crippen LogP contribution in [0.1, 0.15) is 25.1 Å². The molecule has 5 heteroatoms. The third kappa shape index (κ3) is 4.02. The molecular weight excluding hydrogens is 206 g/mol. The smallest absolute Gasteiger partial charge is 0.252 e. The summed E-state index contributed by atoms with van der Waals surface area (Å²) in [5.41, 5.74) is -0.121. The minimum absolute atomic E-state index is 0.121. The molecule has 1 aromatic rings. The Bertz CT molecular complexity index is 376. The molecule has 0 saturated heterocycles. The van der Waals surface area contributed by atoms with Gasteiger partial charge in [0.05, 0.1) is 0 Å². The summed E-state index contributed by atoms with van der Waals surface area (Å²) in [6, 6.07) is 1.50. The van der Waals surface area contributed by atoms with Crippen molar-refractivity contribution >= 4 is 5.82 Å². The molecular formula is C11H19N3O2. The van der Waals surface area contributed by atoms with Crippen molar-refractivity contribution in [1.29, 1.82) is 0 Å². The van der Waals surface area contributed by atoms with Crippen LogP contribution in [0.15, 0.2) is 10.9 Å². The van der Waals surface area contributed by atoms with E-state index in [1.165, 1.54) is 6.07 Å². The molecule has 0 aromatic carbocycles. The maximum absolute atomic E-state index is 11.2. The number of unbranched alkanes of at least 4 members (excludes halogenated alkanes) is 2. The first-order valence-electron chi connectivity index (χ1n) is 5.53. The first-order valence-corrected chi connectivity index (χ1v) is 5.53. The Morgan fingerprint density at radius 2 is 2.19 bits per heavy atom. The van der Waals surface area contributed by atoms with E-state index >= 15 is 0 Å². The summed E-state index contributed by atoms with van der Waals surface area (Å²) in [5, 5.41) is 8.65. The van der Waals surface area contributed by atoms with Gasteiger partial charge < -0.3 is 15.0 Å². The summed E-state index contributed by atoms with van der Waals surface area (Å²) in [6.07, 6.45) is 2.81. The molecule has 0 spiro atoms. The molecule has 0 aliphatic carbocycles. The molecule has 1 aromatic heterocycles. The van der Waals surface area contributed by atoms with Crippen LogP contribution in [0, 0.1) is 6.92 Å². The van der Waals surface area contributed by atoms with E-state index in [0.717, 1.165) is 25.8 Å². The highest BCUT2D eigenvalue weighted by atomic mass is 16.2. The third-order valence-electron chi connectivity index (χ3n) is 2.39. The summed E-state index contributed by atoms with van der Waals surface area (Å²) in [4.78, 5) is 20.1. The lowest BCUT2D eigenvalue weighted by molar-refractivity contribution is 0.283. The van der Waals surface area contributed by atoms with Crippen LogP contribution < -0.4 is 10.5 Å². The van der Waals surface area contributed by atoms with Crippen molar-refractivity contribution in [3.8, 4) is 0 Å². The molecule has 0 saturated carbocycles. The van der Waals surface area contributed by atoms with Gasteiger partial charge in [0.1, 0.15) is 11.6 Å². The molecule has 0 amide bonds. The van der Waals surface area contributed by atoms with Crippen molar-refractivity contribution in [3.05, 3.63) is 22.2 Å². The van der Waals surface area contributed by atoms with E-state index in [9.17, 15) is 4.79 Å². The highest BCUT2D eigenvalue weighted by Gasteiger charge is 2.03. The predicted molar refractivity (Wildman–Crippen MR) is 63.8 cm³/mol. The Kier molecular flexibility index (Phi) is 4.98. The molecule has 0 bridgehead atoms. The van der Waals surface area contributed by atoms with E-state index in [4.69, 9.17) is 5.11 Å². The SMILES string of the molecule is Cc1nc(N(C)CCCCCO)cc(=O)[nH]1. The molecule has 1 heterocycles. The Morgan fingerprint density at radius 3 is 2.81 bits per heavy atom. The number of anilines is 1. The molecule has 0 aliphatic heterocycles. The minimum atomic E-state index is -0.121. The average molecular weight is 225 g/mol. The second-order valence-corrected chi connectivity index (χ2v) is 3.89. The predicted octanol–water partition coefficient (Wildman–Crippen LogP) is 0.677. The number of H-pyrrole nitrogens is 1. The summed E-state index contributed by atoms with van der Waals surface area (Å²) in [5.74, 6) is 1.33. The first kappa shape index (κ1) is 12.7. The van der Waals surface area contributed by atoms with Gasteiger partial charge in [-0.25, -0.2) is 4.98 Å². The topological polar surface area (TPSA) is 69.2 Å². The van der Waals surface area contributed by atoms with Crippen LogP contribution in [0.2, 0.25) is 0 Å². The number of aromatic amines is 1. The summed E-state index contributed by atoms with van der Waals surface area (Å²) in [6.45, 7) is 2.85. The standard InChI is InChI=1S/C11H19N3O2/c1-9-12-10(8-11(16)13-9)14(2)6-4-3-5-7-15/h8,15H,3-7H2,1-2H3,(H,12,13,16). The van der Waals surface area contributed by atoms with Crippen molar-refractivity contribution in [1.82, 2.24) is 9.97 Å². The molecule has 0 aliphatic rings. The molecule has 0 unspecified atom stereocenters. The zero-order valence-electron chi connectivity index (χ0n) is 9.86. The van der Waals surface area contributed by atoms with Gasteiger partial charge in [-0.3, -0.25) is 4.79 Å². The highest BCUT2D eigenvalue weighted by molar-refractivity contribution is 5.35. The molecule has 1 rings (SSSR count). The molecule has 0 fully saturated rings. The van der Waals surface area contributed by atoms with Crippen LogP contribution in [-0.4, -0.2) is 35.3 Å². The number of nitrogens with one attached hydrogen (secondary N) is 1. The van der Waals surface area contributed by atoms with Gasteiger partial charge in [0.2, 0.25) is 0 Å². The van der Waals surface area contributed by atoms with Gasteiger partial charge in [0, 0.05) is 26.3 Å². The van der Waals surface area contributed by atoms with Gasteiger partial charge in [0.15, 0.2) is 0 Å². The average Bonchev–Trinajstić information content (AvgIpc) is 2.22. The molecule has 16 heavy (non-hydrogen) atoms. The van der Waals surface area contributed by atoms with E-state index in [-0.39, 0.29) is 12.2 Å². The zero-order chi connectivity index (χ0) is 12.0. The van der Waals surface area contributed by atoms with Crippen molar-refractivity contribution in [3.63, 3.8) is 0 Å². The number of aliphatic hydroxyl groups is 1. The Balaban J connectivity index is 2.52. The van der Waals surface area contributed by atoms with Gasteiger partial charge in [-0.05, 0) is 26.2 Å². The highest BCUT2D eigenvalue weighted by Crippen LogP contribution is 2.07. The van der Waals surface area contributed by atoms with Crippen LogP contribution in [0.5, 0.6) is 0 Å². The second-order valence-electron chi connectivity index (χ2n) is 3.89. The third-order valence-corrected chi connectivity index (χ3v) is 2.39. The van der Waals surface area contributed by atoms with Crippen LogP contribution >= 0.6 is 0 Å². The van der Waals surface area contributed by atoms with E-state index in [1.54, 1.807) is 6.92 Å². The molecule has 5 nitrogen and oxygen atoms in total. The van der Waals surface area contributed by atoms with E-state index in [0.29, 0.717) is 11.6 Å². The first-order chi connectivity index (χ1) is 7.63. The Labute approximate surface area is 95.1 Å². The number of hydrogen-bond donors (Lipinski definition) is 2. The zero-order valence-corrected chi connectivity index (χ0v) is 9.86. The van der Waals surface area contributed by atoms with E-state index in [1.807, 2.05) is 11.9 Å². The molecule has 2 N–H and O–H groups in total. The van der Waals surface area contributed by atoms with Gasteiger partial charge in [0.25, 0.3) is 5.56 Å². The quantitative estimate of drug-likeness (QED) is 0.698. The number of aromatic nitrogens is 2. The van der Waals surface area contributed by atoms with E-state index < -0.39 is 0 Å². The van der Waals surface area contributed by atoms with Gasteiger partial charge in [-0.1, -0.05) is 0 Å². The number of aliphatic hydroxyl groups excluding tert-OH is 1. The van der Waals surface area contributed by atoms with Crippen LogP contribution in [0.4, 0.5) is 5.82 Å². The molecule has 0 radical (unpaired) electrons. The Hall–Kier alpha value is -1.36. The number of nitrogens with zero attached hydrogens (tertiary/aromatic N) is 2. The Morgan fingerprint density at radius 1 is 1.44 bits per heavy atom. The molecule has 90 valence electrons. The van der Waals surface area contributed by atoms with Gasteiger partial charge in [-0.2, -0.15) is 0 Å². The fourth-order valence-electron chi connectivity index (χ4n) is 1.51. The van der Waals surface area contributed by atoms with Crippen LogP contribution in [0.3, 0.4) is 0 Å². The lowest BCUT2D eigenvalue weighted by Crippen LogP contribution is -2.22. The maximum atomic E-state index is 11.2. The normalized spacial score (nSPS) is 10.4. The largest absolute Gasteiger partial charge is 0.396 e. The minimum Gasteiger partial charge on any atom is -0.396 e. The monoisotopic (exact) mass is 225 g/mol. The molecule has 0 atom stereocenters. The lowest BCUT2D eigenvalue weighted by atomic mass is 10.2. The number of aryl methyl sites for hydroxylation is 1. The maximum Gasteiger partial charge on any atom is 0.252 e. The van der Waals surface area contributed by atoms with Crippen molar-refractivity contribution in [2.45, 2.75) is 26.2 Å². The second kappa shape index (κ2) is 6.27. The van der Waals surface area contributed by atoms with Crippen LogP contribution in [-0.2, 0) is 0 Å². The van der Waals surface area contributed by atoms with E-state index in [2.05, 4.69) is 9.97 Å². The van der Waals surface area contributed by atoms with Gasteiger partial charge in [-0.15, -0.1) is 0 Å². The fraction of sp³-hybridized carbons (Fsp3) is 0.636. The summed E-state index contributed by atoms with van der Waals surface area (Å²) >= 11 is 0. The number of hydrogen-bond acceptors (Lipinski definition) is 4. The van der Waals surface area contributed by atoms with Crippen molar-refractivity contribution in [2.24, 2.45) is 0 Å². The lowest BCUT2D eigenvalue weighted by Gasteiger charge is -2.17. The summed E-state index contributed by atoms with van der Waals surface area (Å²) < 4.78 is 0. The van der Waals surface area contributed by atoms with Gasteiger partial charge >= 0.3 is 0 Å². The van der Waals surface area contributed by atoms with Crippen molar-refractivity contribution in [2.75, 3.05) is 25.1 Å². The number of rotatable bonds is 6. The fourth-order valence-corrected chi connectivity index (χ4v) is 1.51. The van der Waals surface area contributed by atoms with Crippen LogP contribution in [0.25, 0.3) is 0 Å². The van der Waals surface area contributed by atoms with Crippen molar-refractivity contribution < 1.29 is 5.11 Å².